The zero-order valence-electron chi connectivity index (χ0n) is 11.1. The highest BCUT2D eigenvalue weighted by Crippen LogP contribution is 2.61. The number of nitrogens with two attached hydrogens (primary N) is 1. The van der Waals surface area contributed by atoms with E-state index in [1.807, 2.05) is 0 Å². The van der Waals surface area contributed by atoms with Crippen LogP contribution >= 0.6 is 0 Å². The minimum atomic E-state index is -0.963. The van der Waals surface area contributed by atoms with Crippen molar-refractivity contribution in [3.63, 3.8) is 0 Å². The standard InChI is InChI=1S/C14H22N2O3/c15-13(19)16-11(12(17)18)7-14-4-8-1-9(5-14)3-10(2-8)6-14/h8-11H,1-7H2,(H,17,18)(H3,15,16,19). The molecule has 5 nitrogen and oxygen atoms in total. The van der Waals surface area contributed by atoms with Gasteiger partial charge in [-0.2, -0.15) is 0 Å². The zero-order chi connectivity index (χ0) is 13.6. The summed E-state index contributed by atoms with van der Waals surface area (Å²) in [6.07, 6.45) is 7.98. The fourth-order valence-corrected chi connectivity index (χ4v) is 5.34. The largest absolute Gasteiger partial charge is 0.480 e. The van der Waals surface area contributed by atoms with Gasteiger partial charge in [0, 0.05) is 0 Å². The molecule has 0 aromatic rings. The first-order valence-electron chi connectivity index (χ1n) is 7.24. The van der Waals surface area contributed by atoms with Gasteiger partial charge in [-0.25, -0.2) is 9.59 Å². The molecule has 4 saturated carbocycles. The molecule has 5 heteroatoms. The van der Waals surface area contributed by atoms with Gasteiger partial charge in [0.05, 0.1) is 0 Å². The van der Waals surface area contributed by atoms with Gasteiger partial charge in [-0.15, -0.1) is 0 Å². The maximum atomic E-state index is 11.3. The molecule has 0 saturated heterocycles. The van der Waals surface area contributed by atoms with E-state index in [4.69, 9.17) is 5.73 Å². The molecule has 4 aliphatic carbocycles. The van der Waals surface area contributed by atoms with Gasteiger partial charge >= 0.3 is 12.0 Å². The number of primary amides is 1. The third-order valence-electron chi connectivity index (χ3n) is 5.42. The summed E-state index contributed by atoms with van der Waals surface area (Å²) in [5.74, 6) is 1.40. The van der Waals surface area contributed by atoms with Gasteiger partial charge in [-0.3, -0.25) is 0 Å². The Bertz CT molecular complexity index is 372. The molecular formula is C14H22N2O3. The highest BCUT2D eigenvalue weighted by molar-refractivity contribution is 5.81. The fourth-order valence-electron chi connectivity index (χ4n) is 5.34. The van der Waals surface area contributed by atoms with E-state index in [0.717, 1.165) is 37.0 Å². The number of carbonyl (C=O) groups is 2. The number of amides is 2. The van der Waals surface area contributed by atoms with Crippen molar-refractivity contribution in [1.29, 1.82) is 0 Å². The molecule has 2 amide bonds. The summed E-state index contributed by atoms with van der Waals surface area (Å²) in [5.41, 5.74) is 5.22. The van der Waals surface area contributed by atoms with Crippen LogP contribution in [0.3, 0.4) is 0 Å². The molecule has 0 radical (unpaired) electrons. The lowest BCUT2D eigenvalue weighted by Crippen LogP contribution is -2.52. The number of rotatable bonds is 4. The molecule has 4 bridgehead atoms. The SMILES string of the molecule is NC(=O)NC(CC12CC3CC(CC(C3)C1)C2)C(=O)O. The van der Waals surface area contributed by atoms with Crippen LogP contribution in [-0.4, -0.2) is 23.1 Å². The lowest BCUT2D eigenvalue weighted by atomic mass is 9.48. The summed E-state index contributed by atoms with van der Waals surface area (Å²) in [6.45, 7) is 0. The van der Waals surface area contributed by atoms with Crippen molar-refractivity contribution < 1.29 is 14.7 Å². The molecule has 0 heterocycles. The van der Waals surface area contributed by atoms with Crippen LogP contribution in [0.1, 0.15) is 44.9 Å². The van der Waals surface area contributed by atoms with E-state index in [9.17, 15) is 14.7 Å². The molecule has 4 fully saturated rings. The number of urea groups is 1. The van der Waals surface area contributed by atoms with Crippen molar-refractivity contribution in [3.05, 3.63) is 0 Å². The maximum Gasteiger partial charge on any atom is 0.326 e. The van der Waals surface area contributed by atoms with Gasteiger partial charge in [-0.1, -0.05) is 0 Å². The first kappa shape index (κ1) is 12.8. The van der Waals surface area contributed by atoms with E-state index in [1.54, 1.807) is 0 Å². The van der Waals surface area contributed by atoms with Crippen molar-refractivity contribution in [1.82, 2.24) is 5.32 Å². The highest BCUT2D eigenvalue weighted by atomic mass is 16.4. The van der Waals surface area contributed by atoms with Crippen LogP contribution in [0.15, 0.2) is 0 Å². The van der Waals surface area contributed by atoms with E-state index < -0.39 is 18.0 Å². The fraction of sp³-hybridized carbons (Fsp3) is 0.857. The van der Waals surface area contributed by atoms with Crippen molar-refractivity contribution in [3.8, 4) is 0 Å². The van der Waals surface area contributed by atoms with Crippen LogP contribution in [0.5, 0.6) is 0 Å². The van der Waals surface area contributed by atoms with Crippen molar-refractivity contribution >= 4 is 12.0 Å². The lowest BCUT2D eigenvalue weighted by Gasteiger charge is -2.57. The zero-order valence-corrected chi connectivity index (χ0v) is 11.1. The molecule has 0 aromatic heterocycles. The van der Waals surface area contributed by atoms with E-state index in [2.05, 4.69) is 5.32 Å². The Hall–Kier alpha value is -1.26. The molecule has 4 aliphatic rings. The second-order valence-electron chi connectivity index (χ2n) is 7.02. The summed E-state index contributed by atoms with van der Waals surface area (Å²) in [4.78, 5) is 22.2. The molecule has 1 atom stereocenters. The Morgan fingerprint density at radius 2 is 1.63 bits per heavy atom. The van der Waals surface area contributed by atoms with Gasteiger partial charge in [0.2, 0.25) is 0 Å². The minimum Gasteiger partial charge on any atom is -0.480 e. The van der Waals surface area contributed by atoms with Crippen molar-refractivity contribution in [2.45, 2.75) is 51.0 Å². The van der Waals surface area contributed by atoms with Crippen molar-refractivity contribution in [2.24, 2.45) is 28.9 Å². The third kappa shape index (κ3) is 2.42. The number of hydrogen-bond donors (Lipinski definition) is 3. The third-order valence-corrected chi connectivity index (χ3v) is 5.42. The van der Waals surface area contributed by atoms with E-state index in [0.29, 0.717) is 6.42 Å². The van der Waals surface area contributed by atoms with Crippen LogP contribution in [0.2, 0.25) is 0 Å². The van der Waals surface area contributed by atoms with Gasteiger partial charge in [0.25, 0.3) is 0 Å². The molecule has 4 rings (SSSR count). The predicted molar refractivity (Wildman–Crippen MR) is 69.4 cm³/mol. The van der Waals surface area contributed by atoms with Gasteiger partial charge in [0.15, 0.2) is 0 Å². The number of carboxylic acid groups (broad SMARTS) is 1. The number of nitrogens with one attached hydrogen (secondary N) is 1. The topological polar surface area (TPSA) is 92.4 Å². The highest BCUT2D eigenvalue weighted by Gasteiger charge is 2.51. The second kappa shape index (κ2) is 4.39. The molecule has 106 valence electrons. The van der Waals surface area contributed by atoms with Crippen molar-refractivity contribution in [2.75, 3.05) is 0 Å². The molecule has 1 unspecified atom stereocenters. The first-order valence-corrected chi connectivity index (χ1v) is 7.24. The molecule has 19 heavy (non-hydrogen) atoms. The van der Waals surface area contributed by atoms with Crippen LogP contribution in [0.4, 0.5) is 4.79 Å². The normalized spacial score (nSPS) is 40.9. The van der Waals surface area contributed by atoms with E-state index in [-0.39, 0.29) is 5.41 Å². The molecule has 0 spiro atoms. The van der Waals surface area contributed by atoms with Gasteiger partial charge in [-0.05, 0) is 68.1 Å². The van der Waals surface area contributed by atoms with Crippen LogP contribution in [0, 0.1) is 23.2 Å². The first-order chi connectivity index (χ1) is 8.96. The molecule has 4 N–H and O–H groups in total. The van der Waals surface area contributed by atoms with Crippen LogP contribution in [-0.2, 0) is 4.79 Å². The van der Waals surface area contributed by atoms with E-state index in [1.165, 1.54) is 19.3 Å². The average Bonchev–Trinajstić information content (AvgIpc) is 2.24. The van der Waals surface area contributed by atoms with Gasteiger partial charge < -0.3 is 16.2 Å². The quantitative estimate of drug-likeness (QED) is 0.723. The number of hydrogen-bond acceptors (Lipinski definition) is 2. The summed E-state index contributed by atoms with van der Waals surface area (Å²) >= 11 is 0. The molecule has 0 aromatic carbocycles. The Balaban J connectivity index is 1.74. The van der Waals surface area contributed by atoms with Gasteiger partial charge in [0.1, 0.15) is 6.04 Å². The molecular weight excluding hydrogens is 244 g/mol. The Morgan fingerprint density at radius 1 is 1.16 bits per heavy atom. The monoisotopic (exact) mass is 266 g/mol. The van der Waals surface area contributed by atoms with Crippen LogP contribution < -0.4 is 11.1 Å². The lowest BCUT2D eigenvalue weighted by molar-refractivity contribution is -0.142. The number of carboxylic acids is 1. The Kier molecular flexibility index (Phi) is 2.95. The summed E-state index contributed by atoms with van der Waals surface area (Å²) in [6, 6.07) is -1.56. The Labute approximate surface area is 112 Å². The maximum absolute atomic E-state index is 11.3. The second-order valence-corrected chi connectivity index (χ2v) is 7.02. The van der Waals surface area contributed by atoms with E-state index >= 15 is 0 Å². The van der Waals surface area contributed by atoms with Crippen LogP contribution in [0.25, 0.3) is 0 Å². The summed E-state index contributed by atoms with van der Waals surface area (Å²) in [7, 11) is 0. The smallest absolute Gasteiger partial charge is 0.326 e. The minimum absolute atomic E-state index is 0.139. The number of carbonyl (C=O) groups excluding carboxylic acids is 1. The molecule has 0 aliphatic heterocycles. The predicted octanol–water partition coefficient (Wildman–Crippen LogP) is 1.71. The Morgan fingerprint density at radius 3 is 2.00 bits per heavy atom. The summed E-state index contributed by atoms with van der Waals surface area (Å²) < 4.78 is 0. The summed E-state index contributed by atoms with van der Waals surface area (Å²) in [5, 5.41) is 11.6. The average molecular weight is 266 g/mol. The number of aliphatic carboxylic acids is 1.